The van der Waals surface area contributed by atoms with Crippen LogP contribution < -0.4 is 10.6 Å². The fraction of sp³-hybridized carbons (Fsp3) is 0.273. The lowest BCUT2D eigenvalue weighted by atomic mass is 10.1. The number of nitrogens with one attached hydrogen (secondary N) is 2. The average molecular weight is 283 g/mol. The number of amides is 1. The molecule has 102 valence electrons. The molecule has 0 aliphatic heterocycles. The number of aliphatic hydroxyl groups is 1. The molecule has 0 saturated heterocycles. The Morgan fingerprint density at radius 2 is 2.16 bits per heavy atom. The molecular weight excluding hydrogens is 270 g/mol. The summed E-state index contributed by atoms with van der Waals surface area (Å²) in [5, 5.41) is 24.7. The molecule has 0 aliphatic rings. The van der Waals surface area contributed by atoms with E-state index < -0.39 is 16.9 Å². The second kappa shape index (κ2) is 6.76. The monoisotopic (exact) mass is 283 g/mol. The van der Waals surface area contributed by atoms with Gasteiger partial charge in [-0.3, -0.25) is 20.2 Å². The molecule has 0 aliphatic carbocycles. The normalized spacial score (nSPS) is 11.5. The molecule has 19 heavy (non-hydrogen) atoms. The van der Waals surface area contributed by atoms with E-state index in [1.165, 1.54) is 24.3 Å². The van der Waals surface area contributed by atoms with Crippen molar-refractivity contribution in [3.63, 3.8) is 0 Å². The van der Waals surface area contributed by atoms with E-state index in [1.807, 2.05) is 0 Å². The van der Waals surface area contributed by atoms with Crippen LogP contribution >= 0.6 is 12.2 Å². The Hall–Kier alpha value is -2.06. The fourth-order valence-electron chi connectivity index (χ4n) is 1.28. The number of hydrogen-bond acceptors (Lipinski definition) is 5. The van der Waals surface area contributed by atoms with Crippen molar-refractivity contribution in [2.45, 2.75) is 13.0 Å². The number of nitro benzene ring substituents is 1. The molecule has 0 fully saturated rings. The van der Waals surface area contributed by atoms with Crippen LogP contribution in [-0.2, 0) is 0 Å². The Labute approximate surface area is 114 Å². The van der Waals surface area contributed by atoms with Gasteiger partial charge < -0.3 is 10.4 Å². The highest BCUT2D eigenvalue weighted by Crippen LogP contribution is 2.17. The van der Waals surface area contributed by atoms with Crippen molar-refractivity contribution in [2.24, 2.45) is 0 Å². The molecule has 0 bridgehead atoms. The summed E-state index contributed by atoms with van der Waals surface area (Å²) in [4.78, 5) is 22.0. The SMILES string of the molecule is CC(O)CNC(=S)NC(=O)c1ccccc1[N+](=O)[O-]. The van der Waals surface area contributed by atoms with Crippen molar-refractivity contribution in [3.8, 4) is 0 Å². The van der Waals surface area contributed by atoms with E-state index in [4.69, 9.17) is 17.3 Å². The maximum absolute atomic E-state index is 11.8. The van der Waals surface area contributed by atoms with Gasteiger partial charge in [0.1, 0.15) is 5.56 Å². The second-order valence-corrected chi connectivity index (χ2v) is 4.20. The molecule has 7 nitrogen and oxygen atoms in total. The van der Waals surface area contributed by atoms with E-state index in [0.29, 0.717) is 0 Å². The van der Waals surface area contributed by atoms with Crippen LogP contribution in [0.2, 0.25) is 0 Å². The van der Waals surface area contributed by atoms with Crippen LogP contribution in [-0.4, -0.2) is 33.7 Å². The van der Waals surface area contributed by atoms with Gasteiger partial charge in [-0.15, -0.1) is 0 Å². The van der Waals surface area contributed by atoms with Gasteiger partial charge in [0.2, 0.25) is 0 Å². The second-order valence-electron chi connectivity index (χ2n) is 3.79. The van der Waals surface area contributed by atoms with E-state index in [0.717, 1.165) is 0 Å². The van der Waals surface area contributed by atoms with Gasteiger partial charge in [0, 0.05) is 12.6 Å². The first-order valence-electron chi connectivity index (χ1n) is 5.42. The molecule has 1 atom stereocenters. The lowest BCUT2D eigenvalue weighted by Gasteiger charge is -2.10. The van der Waals surface area contributed by atoms with Crippen LogP contribution in [0.25, 0.3) is 0 Å². The third-order valence-corrected chi connectivity index (χ3v) is 2.38. The number of aliphatic hydroxyl groups excluding tert-OH is 1. The largest absolute Gasteiger partial charge is 0.392 e. The summed E-state index contributed by atoms with van der Waals surface area (Å²) in [6.45, 7) is 1.73. The van der Waals surface area contributed by atoms with Gasteiger partial charge in [0.15, 0.2) is 5.11 Å². The third kappa shape index (κ3) is 4.60. The van der Waals surface area contributed by atoms with Crippen molar-refractivity contribution in [2.75, 3.05) is 6.54 Å². The molecule has 1 unspecified atom stereocenters. The van der Waals surface area contributed by atoms with Crippen LogP contribution in [0.5, 0.6) is 0 Å². The zero-order valence-corrected chi connectivity index (χ0v) is 10.9. The maximum Gasteiger partial charge on any atom is 0.282 e. The molecule has 1 rings (SSSR count). The summed E-state index contributed by atoms with van der Waals surface area (Å²) in [6.07, 6.45) is -0.624. The van der Waals surface area contributed by atoms with Crippen LogP contribution in [0.1, 0.15) is 17.3 Å². The number of carbonyl (C=O) groups is 1. The first kappa shape index (κ1) is 15.0. The summed E-state index contributed by atoms with van der Waals surface area (Å²) in [5.41, 5.74) is -0.368. The van der Waals surface area contributed by atoms with Crippen LogP contribution in [0.4, 0.5) is 5.69 Å². The van der Waals surface area contributed by atoms with E-state index in [-0.39, 0.29) is 22.9 Å². The third-order valence-electron chi connectivity index (χ3n) is 2.13. The lowest BCUT2D eigenvalue weighted by molar-refractivity contribution is -0.385. The molecular formula is C11H13N3O4S. The molecule has 0 heterocycles. The number of hydrogen-bond donors (Lipinski definition) is 3. The molecule has 1 amide bonds. The van der Waals surface area contributed by atoms with Gasteiger partial charge in [-0.1, -0.05) is 12.1 Å². The summed E-state index contributed by atoms with van der Waals surface area (Å²) in [6, 6.07) is 5.57. The van der Waals surface area contributed by atoms with Gasteiger partial charge in [-0.2, -0.15) is 0 Å². The van der Waals surface area contributed by atoms with Gasteiger partial charge in [-0.05, 0) is 25.2 Å². The summed E-state index contributed by atoms with van der Waals surface area (Å²) >= 11 is 4.83. The Bertz CT molecular complexity index is 504. The number of rotatable bonds is 4. The number of carbonyl (C=O) groups excluding carboxylic acids is 1. The summed E-state index contributed by atoms with van der Waals surface area (Å²) in [7, 11) is 0. The number of thiocarbonyl (C=S) groups is 1. The molecule has 3 N–H and O–H groups in total. The molecule has 0 spiro atoms. The quantitative estimate of drug-likeness (QED) is 0.424. The maximum atomic E-state index is 11.8. The summed E-state index contributed by atoms with van der Waals surface area (Å²) in [5.74, 6) is -0.671. The van der Waals surface area contributed by atoms with Crippen LogP contribution in [0.15, 0.2) is 24.3 Å². The highest BCUT2D eigenvalue weighted by Gasteiger charge is 2.19. The highest BCUT2D eigenvalue weighted by molar-refractivity contribution is 7.80. The Balaban J connectivity index is 2.73. The first-order valence-corrected chi connectivity index (χ1v) is 5.83. The van der Waals surface area contributed by atoms with Crippen molar-refractivity contribution < 1.29 is 14.8 Å². The number of nitro groups is 1. The smallest absolute Gasteiger partial charge is 0.282 e. The average Bonchev–Trinajstić information content (AvgIpc) is 2.36. The predicted molar refractivity (Wildman–Crippen MR) is 72.8 cm³/mol. The Morgan fingerprint density at radius 3 is 2.74 bits per heavy atom. The van der Waals surface area contributed by atoms with Crippen molar-refractivity contribution in [3.05, 3.63) is 39.9 Å². The van der Waals surface area contributed by atoms with Gasteiger partial charge in [0.25, 0.3) is 11.6 Å². The number of para-hydroxylation sites is 1. The minimum absolute atomic E-state index is 0.00375. The Morgan fingerprint density at radius 1 is 1.53 bits per heavy atom. The fourth-order valence-corrected chi connectivity index (χ4v) is 1.46. The first-order chi connectivity index (χ1) is 8.91. The van der Waals surface area contributed by atoms with Crippen LogP contribution in [0.3, 0.4) is 0 Å². The molecule has 1 aromatic carbocycles. The van der Waals surface area contributed by atoms with Crippen molar-refractivity contribution in [1.29, 1.82) is 0 Å². The zero-order chi connectivity index (χ0) is 14.4. The van der Waals surface area contributed by atoms with E-state index >= 15 is 0 Å². The van der Waals surface area contributed by atoms with E-state index in [2.05, 4.69) is 10.6 Å². The minimum atomic E-state index is -0.671. The van der Waals surface area contributed by atoms with Gasteiger partial charge in [-0.25, -0.2) is 0 Å². The van der Waals surface area contributed by atoms with Crippen LogP contribution in [0, 0.1) is 10.1 Å². The standard InChI is InChI=1S/C11H13N3O4S/c1-7(15)6-12-11(19)13-10(16)8-4-2-3-5-9(8)14(17)18/h2-5,7,15H,6H2,1H3,(H2,12,13,16,19). The van der Waals surface area contributed by atoms with Crippen molar-refractivity contribution >= 4 is 28.9 Å². The summed E-state index contributed by atoms with van der Waals surface area (Å²) < 4.78 is 0. The van der Waals surface area contributed by atoms with Gasteiger partial charge >= 0.3 is 0 Å². The van der Waals surface area contributed by atoms with Crippen molar-refractivity contribution in [1.82, 2.24) is 10.6 Å². The van der Waals surface area contributed by atoms with Gasteiger partial charge in [0.05, 0.1) is 11.0 Å². The minimum Gasteiger partial charge on any atom is -0.392 e. The highest BCUT2D eigenvalue weighted by atomic mass is 32.1. The molecule has 0 aromatic heterocycles. The molecule has 1 aromatic rings. The number of nitrogens with zero attached hydrogens (tertiary/aromatic N) is 1. The molecule has 0 radical (unpaired) electrons. The lowest BCUT2D eigenvalue weighted by Crippen LogP contribution is -2.41. The van der Waals surface area contributed by atoms with E-state index in [1.54, 1.807) is 6.92 Å². The Kier molecular flexibility index (Phi) is 5.34. The zero-order valence-electron chi connectivity index (χ0n) is 10.1. The predicted octanol–water partition coefficient (Wildman–Crippen LogP) is 0.580. The topological polar surface area (TPSA) is 104 Å². The van der Waals surface area contributed by atoms with E-state index in [9.17, 15) is 14.9 Å². The molecule has 8 heteroatoms. The number of benzene rings is 1. The molecule has 0 saturated carbocycles.